The van der Waals surface area contributed by atoms with Gasteiger partial charge in [-0.25, -0.2) is 4.79 Å². The van der Waals surface area contributed by atoms with Crippen molar-refractivity contribution < 1.29 is 9.90 Å². The maximum Gasteiger partial charge on any atom is 0.332 e. The minimum atomic E-state index is -1.38. The van der Waals surface area contributed by atoms with Crippen LogP contribution in [-0.4, -0.2) is 22.3 Å². The lowest BCUT2D eigenvalue weighted by Crippen LogP contribution is -2.51. The summed E-state index contributed by atoms with van der Waals surface area (Å²) in [7, 11) is 0. The smallest absolute Gasteiger partial charge is 0.332 e. The molecule has 160 valence electrons. The first-order valence-electron chi connectivity index (χ1n) is 10.0. The Labute approximate surface area is 200 Å². The van der Waals surface area contributed by atoms with Gasteiger partial charge < -0.3 is 5.11 Å². The topological polar surface area (TPSA) is 49.7 Å². The van der Waals surface area contributed by atoms with E-state index in [9.17, 15) is 9.90 Å². The predicted molar refractivity (Wildman–Crippen MR) is 134 cm³/mol. The van der Waals surface area contributed by atoms with Crippen LogP contribution in [0.25, 0.3) is 0 Å². The van der Waals surface area contributed by atoms with Crippen LogP contribution < -0.4 is 0 Å². The number of benzene rings is 3. The largest absolute Gasteiger partial charge is 0.479 e. The highest BCUT2D eigenvalue weighted by atomic mass is 79.9. The molecular weight excluding hydrogens is 518 g/mol. The Morgan fingerprint density at radius 1 is 0.871 bits per heavy atom. The first-order valence-corrected chi connectivity index (χ1v) is 11.6. The molecule has 0 aliphatic heterocycles. The molecule has 3 nitrogen and oxygen atoms in total. The summed E-state index contributed by atoms with van der Waals surface area (Å²) in [6.45, 7) is 5.81. The molecule has 1 atom stereocenters. The summed E-state index contributed by atoms with van der Waals surface area (Å²) in [6, 6.07) is 25.3. The van der Waals surface area contributed by atoms with Crippen LogP contribution in [0.2, 0.25) is 0 Å². The molecule has 31 heavy (non-hydrogen) atoms. The monoisotopic (exact) mass is 541 g/mol. The summed E-state index contributed by atoms with van der Waals surface area (Å²) in [4.78, 5) is 18.0. The van der Waals surface area contributed by atoms with E-state index in [0.29, 0.717) is 5.71 Å². The molecule has 0 heterocycles. The molecule has 0 aliphatic carbocycles. The van der Waals surface area contributed by atoms with Crippen LogP contribution in [0.15, 0.2) is 92.8 Å². The average Bonchev–Trinajstić information content (AvgIpc) is 2.73. The molecular formula is C26H25Br2NO2. The van der Waals surface area contributed by atoms with Gasteiger partial charge in [0.25, 0.3) is 0 Å². The third-order valence-corrected chi connectivity index (χ3v) is 6.68. The highest BCUT2D eigenvalue weighted by molar-refractivity contribution is 9.11. The number of carboxylic acids is 1. The van der Waals surface area contributed by atoms with Gasteiger partial charge in [-0.05, 0) is 23.1 Å². The Bertz CT molecular complexity index is 1050. The van der Waals surface area contributed by atoms with Crippen molar-refractivity contribution in [3.8, 4) is 0 Å². The van der Waals surface area contributed by atoms with Crippen molar-refractivity contribution in [3.63, 3.8) is 0 Å². The molecule has 0 aromatic heterocycles. The number of carbonyl (C=O) groups is 1. The van der Waals surface area contributed by atoms with Crippen LogP contribution in [0.1, 0.15) is 37.5 Å². The Morgan fingerprint density at radius 2 is 1.39 bits per heavy atom. The molecule has 3 aromatic carbocycles. The van der Waals surface area contributed by atoms with Crippen molar-refractivity contribution in [1.29, 1.82) is 0 Å². The number of rotatable bonds is 6. The van der Waals surface area contributed by atoms with Gasteiger partial charge in [0.05, 0.1) is 5.71 Å². The number of aliphatic carboxylic acids is 1. The van der Waals surface area contributed by atoms with E-state index in [2.05, 4.69) is 31.9 Å². The summed E-state index contributed by atoms with van der Waals surface area (Å²) in [6.07, 6.45) is 0.253. The van der Waals surface area contributed by atoms with E-state index in [1.807, 2.05) is 99.6 Å². The predicted octanol–water partition coefficient (Wildman–Crippen LogP) is 7.16. The summed E-state index contributed by atoms with van der Waals surface area (Å²) in [5.74, 6) is -0.945. The van der Waals surface area contributed by atoms with E-state index in [0.717, 1.165) is 25.6 Å². The van der Waals surface area contributed by atoms with E-state index in [4.69, 9.17) is 4.99 Å². The highest BCUT2D eigenvalue weighted by Gasteiger charge is 2.49. The lowest BCUT2D eigenvalue weighted by atomic mass is 9.70. The number of halogens is 2. The van der Waals surface area contributed by atoms with Gasteiger partial charge >= 0.3 is 5.97 Å². The Balaban J connectivity index is 2.28. The zero-order valence-corrected chi connectivity index (χ0v) is 20.9. The molecule has 0 unspecified atom stereocenters. The molecule has 5 heteroatoms. The van der Waals surface area contributed by atoms with Crippen molar-refractivity contribution in [3.05, 3.63) is 104 Å². The van der Waals surface area contributed by atoms with Gasteiger partial charge in [0.2, 0.25) is 0 Å². The van der Waals surface area contributed by atoms with Crippen molar-refractivity contribution >= 4 is 43.5 Å². The minimum Gasteiger partial charge on any atom is -0.479 e. The van der Waals surface area contributed by atoms with Crippen LogP contribution in [-0.2, 0) is 11.2 Å². The zero-order chi connectivity index (χ0) is 22.6. The summed E-state index contributed by atoms with van der Waals surface area (Å²) >= 11 is 7.07. The van der Waals surface area contributed by atoms with Gasteiger partial charge in [-0.15, -0.1) is 0 Å². The third-order valence-electron chi connectivity index (χ3n) is 5.45. The summed E-state index contributed by atoms with van der Waals surface area (Å²) < 4.78 is 1.78. The van der Waals surface area contributed by atoms with E-state index in [1.165, 1.54) is 0 Å². The lowest BCUT2D eigenvalue weighted by Gasteiger charge is -2.39. The lowest BCUT2D eigenvalue weighted by molar-refractivity contribution is -0.147. The van der Waals surface area contributed by atoms with Gasteiger partial charge in [0.15, 0.2) is 5.54 Å². The van der Waals surface area contributed by atoms with Crippen LogP contribution in [0.3, 0.4) is 0 Å². The van der Waals surface area contributed by atoms with E-state index < -0.39 is 16.9 Å². The van der Waals surface area contributed by atoms with Crippen molar-refractivity contribution in [2.75, 3.05) is 0 Å². The number of carboxylic acid groups (broad SMARTS) is 1. The summed E-state index contributed by atoms with van der Waals surface area (Å²) in [5.41, 5.74) is 1.30. The fraction of sp³-hybridized carbons (Fsp3) is 0.231. The van der Waals surface area contributed by atoms with Crippen LogP contribution in [0, 0.1) is 5.41 Å². The first-order chi connectivity index (χ1) is 14.6. The molecule has 3 rings (SSSR count). The molecule has 0 saturated heterocycles. The zero-order valence-electron chi connectivity index (χ0n) is 17.8. The molecule has 0 amide bonds. The van der Waals surface area contributed by atoms with Crippen LogP contribution >= 0.6 is 31.9 Å². The van der Waals surface area contributed by atoms with E-state index in [-0.39, 0.29) is 6.42 Å². The second-order valence-electron chi connectivity index (χ2n) is 8.52. The quantitative estimate of drug-likeness (QED) is 0.336. The van der Waals surface area contributed by atoms with Gasteiger partial charge in [-0.3, -0.25) is 4.99 Å². The van der Waals surface area contributed by atoms with Crippen LogP contribution in [0.4, 0.5) is 0 Å². The normalized spacial score (nSPS) is 13.3. The van der Waals surface area contributed by atoms with Gasteiger partial charge in [0, 0.05) is 26.5 Å². The second kappa shape index (κ2) is 9.49. The third kappa shape index (κ3) is 5.16. The SMILES string of the molecule is CC(C)(C)[C@@](Cc1ccc(Br)cc1Br)(N=C(c1ccccc1)c1ccccc1)C(=O)O. The average molecular weight is 543 g/mol. The molecule has 1 N–H and O–H groups in total. The summed E-state index contributed by atoms with van der Waals surface area (Å²) in [5, 5.41) is 10.6. The molecule has 0 radical (unpaired) electrons. The van der Waals surface area contributed by atoms with Crippen molar-refractivity contribution in [2.24, 2.45) is 10.4 Å². The van der Waals surface area contributed by atoms with E-state index in [1.54, 1.807) is 0 Å². The Kier molecular flexibility index (Phi) is 7.17. The minimum absolute atomic E-state index is 0.253. The molecule has 0 saturated carbocycles. The Morgan fingerprint density at radius 3 is 1.81 bits per heavy atom. The maximum atomic E-state index is 12.9. The van der Waals surface area contributed by atoms with Crippen LogP contribution in [0.5, 0.6) is 0 Å². The number of nitrogens with zero attached hydrogens (tertiary/aromatic N) is 1. The van der Waals surface area contributed by atoms with Crippen molar-refractivity contribution in [1.82, 2.24) is 0 Å². The molecule has 0 fully saturated rings. The highest BCUT2D eigenvalue weighted by Crippen LogP contribution is 2.40. The molecule has 3 aromatic rings. The fourth-order valence-corrected chi connectivity index (χ4v) is 4.72. The fourth-order valence-electron chi connectivity index (χ4n) is 3.54. The van der Waals surface area contributed by atoms with Gasteiger partial charge in [-0.1, -0.05) is 119 Å². The van der Waals surface area contributed by atoms with Gasteiger partial charge in [0.1, 0.15) is 0 Å². The number of hydrogen-bond donors (Lipinski definition) is 1. The second-order valence-corrected chi connectivity index (χ2v) is 10.3. The Hall–Kier alpha value is -2.24. The van der Waals surface area contributed by atoms with Gasteiger partial charge in [-0.2, -0.15) is 0 Å². The molecule has 0 spiro atoms. The van der Waals surface area contributed by atoms with Crippen molar-refractivity contribution in [2.45, 2.75) is 32.7 Å². The standard InChI is InChI=1S/C26H25Br2NO2/c1-25(2,3)26(24(30)31,17-20-14-15-21(27)16-22(20)28)29-23(18-10-6-4-7-11-18)19-12-8-5-9-13-19/h4-16H,17H2,1-3H3,(H,30,31)/t26-/m0/s1. The first kappa shape index (κ1) is 23.4. The maximum absolute atomic E-state index is 12.9. The number of aliphatic imine (C=N–C) groups is 1. The van der Waals surface area contributed by atoms with E-state index >= 15 is 0 Å². The number of hydrogen-bond acceptors (Lipinski definition) is 2. The molecule has 0 bridgehead atoms. The molecule has 0 aliphatic rings.